The van der Waals surface area contributed by atoms with Crippen LogP contribution in [0, 0.1) is 6.92 Å². The third kappa shape index (κ3) is 3.62. The van der Waals surface area contributed by atoms with Crippen LogP contribution in [0.5, 0.6) is 5.75 Å². The molecule has 0 bridgehead atoms. The number of hydrogen-bond acceptors (Lipinski definition) is 7. The Morgan fingerprint density at radius 1 is 1.11 bits per heavy atom. The van der Waals surface area contributed by atoms with Gasteiger partial charge in [0.25, 0.3) is 15.9 Å². The van der Waals surface area contributed by atoms with E-state index in [1.165, 1.54) is 12.1 Å². The number of nitrogens with one attached hydrogen (secondary N) is 1. The van der Waals surface area contributed by atoms with E-state index in [1.54, 1.807) is 32.2 Å². The van der Waals surface area contributed by atoms with Crippen LogP contribution in [-0.2, 0) is 10.0 Å². The van der Waals surface area contributed by atoms with Gasteiger partial charge in [-0.25, -0.2) is 0 Å². The van der Waals surface area contributed by atoms with Gasteiger partial charge in [0.05, 0.1) is 12.8 Å². The lowest BCUT2D eigenvalue weighted by Gasteiger charge is -2.10. The maximum absolute atomic E-state index is 12.7. The number of anilines is 1. The summed E-state index contributed by atoms with van der Waals surface area (Å²) in [5.41, 5.74) is 1.17. The Morgan fingerprint density at radius 2 is 1.89 bits per heavy atom. The van der Waals surface area contributed by atoms with E-state index in [-0.39, 0.29) is 22.7 Å². The predicted octanol–water partition coefficient (Wildman–Crippen LogP) is 4.11. The minimum absolute atomic E-state index is 0.184. The molecule has 0 amide bonds. The van der Waals surface area contributed by atoms with E-state index in [0.717, 1.165) is 31.2 Å². The maximum atomic E-state index is 12.7. The molecule has 148 valence electrons. The molecule has 0 aliphatic heterocycles. The number of aromatic nitrogens is 2. The number of nitrogens with zero attached hydrogens (tertiary/aromatic N) is 2. The van der Waals surface area contributed by atoms with Crippen molar-refractivity contribution in [2.75, 3.05) is 11.8 Å². The summed E-state index contributed by atoms with van der Waals surface area (Å²) < 4.78 is 44.2. The zero-order valence-electron chi connectivity index (χ0n) is 15.6. The van der Waals surface area contributed by atoms with Gasteiger partial charge in [-0.05, 0) is 55.7 Å². The number of furan rings is 1. The van der Waals surface area contributed by atoms with Crippen LogP contribution in [0.2, 0.25) is 0 Å². The second-order valence-corrected chi connectivity index (χ2v) is 8.45. The summed E-state index contributed by atoms with van der Waals surface area (Å²) >= 11 is 0. The lowest BCUT2D eigenvalue weighted by Crippen LogP contribution is -2.13. The van der Waals surface area contributed by atoms with Crippen LogP contribution in [0.15, 0.2) is 44.3 Å². The van der Waals surface area contributed by atoms with Crippen LogP contribution in [0.1, 0.15) is 43.1 Å². The lowest BCUT2D eigenvalue weighted by atomic mass is 10.1. The van der Waals surface area contributed by atoms with Gasteiger partial charge in [-0.3, -0.25) is 4.72 Å². The van der Waals surface area contributed by atoms with Crippen LogP contribution >= 0.6 is 0 Å². The third-order valence-electron chi connectivity index (χ3n) is 4.88. The van der Waals surface area contributed by atoms with Gasteiger partial charge >= 0.3 is 0 Å². The van der Waals surface area contributed by atoms with Crippen molar-refractivity contribution in [3.8, 4) is 17.4 Å². The van der Waals surface area contributed by atoms with Gasteiger partial charge in [-0.1, -0.05) is 12.8 Å². The molecule has 3 aromatic rings. The molecule has 0 radical (unpaired) electrons. The van der Waals surface area contributed by atoms with Crippen molar-refractivity contribution in [2.24, 2.45) is 0 Å². The van der Waals surface area contributed by atoms with Crippen LogP contribution in [0.4, 0.5) is 5.69 Å². The van der Waals surface area contributed by atoms with Gasteiger partial charge in [0.2, 0.25) is 11.0 Å². The Bertz CT molecular complexity index is 1080. The van der Waals surface area contributed by atoms with Gasteiger partial charge in [0, 0.05) is 5.92 Å². The SMILES string of the molecule is COc1ccc(NS(=O)(=O)c2ccc(-c3nnc(C4CCCC4)o3)o2)c(C)c1. The third-order valence-corrected chi connectivity index (χ3v) is 6.12. The molecule has 28 heavy (non-hydrogen) atoms. The zero-order valence-corrected chi connectivity index (χ0v) is 16.5. The van der Waals surface area contributed by atoms with Crippen molar-refractivity contribution in [3.63, 3.8) is 0 Å². The summed E-state index contributed by atoms with van der Waals surface area (Å²) in [7, 11) is -2.34. The molecular weight excluding hydrogens is 382 g/mol. The van der Waals surface area contributed by atoms with E-state index in [2.05, 4.69) is 14.9 Å². The van der Waals surface area contributed by atoms with Crippen molar-refractivity contribution in [2.45, 2.75) is 43.6 Å². The van der Waals surface area contributed by atoms with E-state index in [9.17, 15) is 8.42 Å². The second kappa shape index (κ2) is 7.31. The predicted molar refractivity (Wildman–Crippen MR) is 102 cm³/mol. The highest BCUT2D eigenvalue weighted by Crippen LogP contribution is 2.35. The first-order valence-corrected chi connectivity index (χ1v) is 10.6. The fourth-order valence-corrected chi connectivity index (χ4v) is 4.39. The van der Waals surface area contributed by atoms with Gasteiger partial charge < -0.3 is 13.6 Å². The summed E-state index contributed by atoms with van der Waals surface area (Å²) in [6.45, 7) is 1.79. The summed E-state index contributed by atoms with van der Waals surface area (Å²) in [5, 5.41) is 7.87. The zero-order chi connectivity index (χ0) is 19.7. The Balaban J connectivity index is 1.54. The molecule has 1 saturated carbocycles. The molecule has 1 aliphatic rings. The Hall–Kier alpha value is -2.81. The largest absolute Gasteiger partial charge is 0.497 e. The number of methoxy groups -OCH3 is 1. The van der Waals surface area contributed by atoms with Crippen molar-refractivity contribution >= 4 is 15.7 Å². The number of benzene rings is 1. The van der Waals surface area contributed by atoms with Gasteiger partial charge in [-0.2, -0.15) is 8.42 Å². The van der Waals surface area contributed by atoms with Crippen molar-refractivity contribution in [1.82, 2.24) is 10.2 Å². The highest BCUT2D eigenvalue weighted by Gasteiger charge is 2.25. The highest BCUT2D eigenvalue weighted by molar-refractivity contribution is 7.92. The van der Waals surface area contributed by atoms with Crippen LogP contribution < -0.4 is 9.46 Å². The molecule has 4 rings (SSSR count). The molecule has 1 aromatic carbocycles. The topological polar surface area (TPSA) is 107 Å². The summed E-state index contributed by atoms with van der Waals surface area (Å²) in [6, 6.07) is 7.95. The first-order valence-electron chi connectivity index (χ1n) is 9.07. The van der Waals surface area contributed by atoms with Gasteiger partial charge in [0.1, 0.15) is 5.75 Å². The van der Waals surface area contributed by atoms with E-state index in [4.69, 9.17) is 13.6 Å². The van der Waals surface area contributed by atoms with Crippen LogP contribution in [-0.4, -0.2) is 25.7 Å². The van der Waals surface area contributed by atoms with Crippen molar-refractivity contribution in [1.29, 1.82) is 0 Å². The standard InChI is InChI=1S/C19H21N3O5S/c1-12-11-14(25-2)7-8-15(12)22-28(23,24)17-10-9-16(26-17)19-21-20-18(27-19)13-5-3-4-6-13/h7-11,13,22H,3-6H2,1-2H3. The summed E-state index contributed by atoms with van der Waals surface area (Å²) in [6.07, 6.45) is 4.37. The fourth-order valence-electron chi connectivity index (χ4n) is 3.32. The lowest BCUT2D eigenvalue weighted by molar-refractivity contribution is 0.414. The van der Waals surface area contributed by atoms with E-state index >= 15 is 0 Å². The van der Waals surface area contributed by atoms with E-state index in [1.807, 2.05) is 0 Å². The van der Waals surface area contributed by atoms with Crippen LogP contribution in [0.3, 0.4) is 0 Å². The highest BCUT2D eigenvalue weighted by atomic mass is 32.2. The second-order valence-electron chi connectivity index (χ2n) is 6.83. The summed E-state index contributed by atoms with van der Waals surface area (Å²) in [5.74, 6) is 1.92. The minimum Gasteiger partial charge on any atom is -0.497 e. The van der Waals surface area contributed by atoms with Crippen molar-refractivity contribution in [3.05, 3.63) is 41.8 Å². The monoisotopic (exact) mass is 403 g/mol. The average molecular weight is 403 g/mol. The number of ether oxygens (including phenoxy) is 1. The van der Waals surface area contributed by atoms with E-state index in [0.29, 0.717) is 17.3 Å². The van der Waals surface area contributed by atoms with Crippen LogP contribution in [0.25, 0.3) is 11.7 Å². The molecule has 0 unspecified atom stereocenters. The Kier molecular flexibility index (Phi) is 4.84. The normalized spacial score (nSPS) is 15.1. The minimum atomic E-state index is -3.90. The molecule has 2 heterocycles. The molecule has 1 N–H and O–H groups in total. The number of sulfonamides is 1. The molecule has 8 nitrogen and oxygen atoms in total. The summed E-state index contributed by atoms with van der Waals surface area (Å²) in [4.78, 5) is 0. The van der Waals surface area contributed by atoms with Gasteiger partial charge in [0.15, 0.2) is 5.76 Å². The number of rotatable bonds is 6. The molecule has 1 fully saturated rings. The average Bonchev–Trinajstić information content (AvgIpc) is 3.42. The Labute approximate surface area is 163 Å². The molecule has 0 spiro atoms. The fraction of sp³-hybridized carbons (Fsp3) is 0.368. The molecule has 9 heteroatoms. The first-order chi connectivity index (χ1) is 13.5. The number of hydrogen-bond donors (Lipinski definition) is 1. The molecular formula is C19H21N3O5S. The molecule has 1 aliphatic carbocycles. The molecule has 2 aromatic heterocycles. The van der Waals surface area contributed by atoms with Gasteiger partial charge in [-0.15, -0.1) is 10.2 Å². The van der Waals surface area contributed by atoms with E-state index < -0.39 is 10.0 Å². The molecule has 0 saturated heterocycles. The smallest absolute Gasteiger partial charge is 0.295 e. The first kappa shape index (κ1) is 18.5. The Morgan fingerprint density at radius 3 is 2.61 bits per heavy atom. The quantitative estimate of drug-likeness (QED) is 0.660. The maximum Gasteiger partial charge on any atom is 0.295 e. The number of aryl methyl sites for hydroxylation is 1. The molecule has 0 atom stereocenters. The van der Waals surface area contributed by atoms with Crippen molar-refractivity contribution < 1.29 is 22.0 Å².